The molecule has 2 fully saturated rings. The first-order valence-electron chi connectivity index (χ1n) is 8.39. The molecule has 2 saturated carbocycles. The van der Waals surface area contributed by atoms with E-state index in [4.69, 9.17) is 10.5 Å². The standard InChI is InChI=1S/C16H30N2O2.ClH/c17-15-9-5-4-6-13(15)12-16(19)18-10-11-20-14-7-2-1-3-8-14;/h13-15H,1-12,17H2,(H,18,19);1H. The largest absolute Gasteiger partial charge is 0.376 e. The van der Waals surface area contributed by atoms with Crippen LogP contribution in [0, 0.1) is 5.92 Å². The average Bonchev–Trinajstić information content (AvgIpc) is 2.47. The summed E-state index contributed by atoms with van der Waals surface area (Å²) < 4.78 is 5.81. The van der Waals surface area contributed by atoms with Gasteiger partial charge in [0.1, 0.15) is 0 Å². The third-order valence-electron chi connectivity index (χ3n) is 4.75. The Hall–Kier alpha value is -0.320. The molecule has 2 atom stereocenters. The quantitative estimate of drug-likeness (QED) is 0.740. The molecule has 0 aromatic heterocycles. The van der Waals surface area contributed by atoms with Crippen LogP contribution in [0.15, 0.2) is 0 Å². The van der Waals surface area contributed by atoms with Crippen LogP contribution in [0.2, 0.25) is 0 Å². The summed E-state index contributed by atoms with van der Waals surface area (Å²) in [5.74, 6) is 0.516. The van der Waals surface area contributed by atoms with Crippen LogP contribution in [0.5, 0.6) is 0 Å². The van der Waals surface area contributed by atoms with Crippen LogP contribution in [0.3, 0.4) is 0 Å². The van der Waals surface area contributed by atoms with Gasteiger partial charge in [0.2, 0.25) is 5.91 Å². The summed E-state index contributed by atoms with van der Waals surface area (Å²) in [6.07, 6.45) is 11.9. The maximum atomic E-state index is 11.9. The summed E-state index contributed by atoms with van der Waals surface area (Å²) >= 11 is 0. The van der Waals surface area contributed by atoms with E-state index in [1.807, 2.05) is 0 Å². The molecule has 4 nitrogen and oxygen atoms in total. The molecule has 21 heavy (non-hydrogen) atoms. The molecule has 3 N–H and O–H groups in total. The molecule has 0 radical (unpaired) electrons. The smallest absolute Gasteiger partial charge is 0.220 e. The van der Waals surface area contributed by atoms with Crippen molar-refractivity contribution in [1.29, 1.82) is 0 Å². The van der Waals surface area contributed by atoms with Gasteiger partial charge >= 0.3 is 0 Å². The Bertz CT molecular complexity index is 296. The zero-order valence-electron chi connectivity index (χ0n) is 13.0. The first-order chi connectivity index (χ1) is 9.75. The molecule has 2 aliphatic carbocycles. The molecule has 0 bridgehead atoms. The number of hydrogen-bond acceptors (Lipinski definition) is 3. The highest BCUT2D eigenvalue weighted by molar-refractivity contribution is 5.85. The number of nitrogens with one attached hydrogen (secondary N) is 1. The molecule has 0 saturated heterocycles. The topological polar surface area (TPSA) is 64.4 Å². The maximum absolute atomic E-state index is 11.9. The monoisotopic (exact) mass is 318 g/mol. The van der Waals surface area contributed by atoms with Crippen molar-refractivity contribution in [3.63, 3.8) is 0 Å². The van der Waals surface area contributed by atoms with E-state index in [9.17, 15) is 4.79 Å². The second kappa shape index (κ2) is 10.4. The number of amides is 1. The molecule has 0 aliphatic heterocycles. The Kier molecular flexibility index (Phi) is 9.29. The van der Waals surface area contributed by atoms with Crippen molar-refractivity contribution in [2.45, 2.75) is 76.4 Å². The van der Waals surface area contributed by atoms with E-state index in [1.165, 1.54) is 44.9 Å². The number of ether oxygens (including phenoxy) is 1. The number of carbonyl (C=O) groups is 1. The highest BCUT2D eigenvalue weighted by Gasteiger charge is 2.23. The molecule has 124 valence electrons. The molecule has 2 unspecified atom stereocenters. The first kappa shape index (κ1) is 18.7. The number of halogens is 1. The fraction of sp³-hybridized carbons (Fsp3) is 0.938. The van der Waals surface area contributed by atoms with Crippen LogP contribution in [0.1, 0.15) is 64.2 Å². The van der Waals surface area contributed by atoms with Crippen LogP contribution in [0.4, 0.5) is 0 Å². The molecule has 2 rings (SSSR count). The molecule has 1 amide bonds. The van der Waals surface area contributed by atoms with E-state index in [0.29, 0.717) is 31.6 Å². The Morgan fingerprint density at radius 2 is 1.71 bits per heavy atom. The van der Waals surface area contributed by atoms with E-state index in [2.05, 4.69) is 5.32 Å². The van der Waals surface area contributed by atoms with Crippen LogP contribution >= 0.6 is 12.4 Å². The van der Waals surface area contributed by atoms with Gasteiger partial charge in [-0.05, 0) is 31.6 Å². The molecule has 0 aromatic rings. The third-order valence-corrected chi connectivity index (χ3v) is 4.75. The van der Waals surface area contributed by atoms with Gasteiger partial charge in [-0.2, -0.15) is 0 Å². The molecule has 0 aromatic carbocycles. The fourth-order valence-electron chi connectivity index (χ4n) is 3.45. The SMILES string of the molecule is Cl.NC1CCCCC1CC(=O)NCCOC1CCCCC1. The number of nitrogens with two attached hydrogens (primary N) is 1. The van der Waals surface area contributed by atoms with Crippen molar-refractivity contribution in [2.24, 2.45) is 11.7 Å². The van der Waals surface area contributed by atoms with E-state index >= 15 is 0 Å². The van der Waals surface area contributed by atoms with E-state index in [1.54, 1.807) is 0 Å². The Morgan fingerprint density at radius 1 is 1.05 bits per heavy atom. The number of carbonyl (C=O) groups excluding carboxylic acids is 1. The second-order valence-electron chi connectivity index (χ2n) is 6.39. The van der Waals surface area contributed by atoms with Gasteiger partial charge < -0.3 is 15.8 Å². The van der Waals surface area contributed by atoms with Crippen molar-refractivity contribution in [3.05, 3.63) is 0 Å². The highest BCUT2D eigenvalue weighted by Crippen LogP contribution is 2.25. The molecule has 0 heterocycles. The van der Waals surface area contributed by atoms with Crippen LogP contribution in [0.25, 0.3) is 0 Å². The average molecular weight is 319 g/mol. The Morgan fingerprint density at radius 3 is 2.43 bits per heavy atom. The van der Waals surface area contributed by atoms with Crippen LogP contribution < -0.4 is 11.1 Å². The molecule has 0 spiro atoms. The predicted octanol–water partition coefficient (Wildman–Crippen LogP) is 2.78. The highest BCUT2D eigenvalue weighted by atomic mass is 35.5. The number of hydrogen-bond donors (Lipinski definition) is 2. The zero-order chi connectivity index (χ0) is 14.2. The van der Waals surface area contributed by atoms with Crippen molar-refractivity contribution in [3.8, 4) is 0 Å². The van der Waals surface area contributed by atoms with Crippen LogP contribution in [-0.2, 0) is 9.53 Å². The van der Waals surface area contributed by atoms with Gasteiger partial charge in [0.15, 0.2) is 0 Å². The lowest BCUT2D eigenvalue weighted by atomic mass is 9.83. The summed E-state index contributed by atoms with van der Waals surface area (Å²) in [6, 6.07) is 0.216. The minimum atomic E-state index is 0. The summed E-state index contributed by atoms with van der Waals surface area (Å²) in [7, 11) is 0. The van der Waals surface area contributed by atoms with Crippen LogP contribution in [-0.4, -0.2) is 31.2 Å². The zero-order valence-corrected chi connectivity index (χ0v) is 13.8. The minimum Gasteiger partial charge on any atom is -0.376 e. The van der Waals surface area contributed by atoms with Crippen molar-refractivity contribution in [1.82, 2.24) is 5.32 Å². The lowest BCUT2D eigenvalue weighted by Gasteiger charge is -2.28. The molecule has 5 heteroatoms. The third kappa shape index (κ3) is 6.98. The number of rotatable bonds is 6. The summed E-state index contributed by atoms with van der Waals surface area (Å²) in [5.41, 5.74) is 6.07. The van der Waals surface area contributed by atoms with E-state index in [-0.39, 0.29) is 24.4 Å². The van der Waals surface area contributed by atoms with E-state index < -0.39 is 0 Å². The van der Waals surface area contributed by atoms with Gasteiger partial charge in [-0.1, -0.05) is 32.1 Å². The minimum absolute atomic E-state index is 0. The first-order valence-corrected chi connectivity index (χ1v) is 8.39. The van der Waals surface area contributed by atoms with E-state index in [0.717, 1.165) is 12.8 Å². The predicted molar refractivity (Wildman–Crippen MR) is 87.6 cm³/mol. The molecule has 2 aliphatic rings. The summed E-state index contributed by atoms with van der Waals surface area (Å²) in [5, 5.41) is 2.97. The summed E-state index contributed by atoms with van der Waals surface area (Å²) in [6.45, 7) is 1.28. The normalized spacial score (nSPS) is 26.9. The van der Waals surface area contributed by atoms with Gasteiger partial charge in [-0.15, -0.1) is 12.4 Å². The van der Waals surface area contributed by atoms with Crippen molar-refractivity contribution in [2.75, 3.05) is 13.2 Å². The van der Waals surface area contributed by atoms with Gasteiger partial charge in [0.05, 0.1) is 12.7 Å². The second-order valence-corrected chi connectivity index (χ2v) is 6.39. The Labute approximate surface area is 135 Å². The van der Waals surface area contributed by atoms with Gasteiger partial charge in [0.25, 0.3) is 0 Å². The lowest BCUT2D eigenvalue weighted by molar-refractivity contribution is -0.122. The van der Waals surface area contributed by atoms with Gasteiger partial charge in [0, 0.05) is 19.0 Å². The Balaban J connectivity index is 0.00000220. The molecular weight excluding hydrogens is 288 g/mol. The van der Waals surface area contributed by atoms with Gasteiger partial charge in [-0.3, -0.25) is 4.79 Å². The summed E-state index contributed by atoms with van der Waals surface area (Å²) in [4.78, 5) is 11.9. The van der Waals surface area contributed by atoms with Crippen molar-refractivity contribution < 1.29 is 9.53 Å². The maximum Gasteiger partial charge on any atom is 0.220 e. The fourth-order valence-corrected chi connectivity index (χ4v) is 3.45. The molecular formula is C16H31ClN2O2. The lowest BCUT2D eigenvalue weighted by Crippen LogP contribution is -2.38. The van der Waals surface area contributed by atoms with Gasteiger partial charge in [-0.25, -0.2) is 0 Å². The van der Waals surface area contributed by atoms with Crippen molar-refractivity contribution >= 4 is 18.3 Å².